The molecule has 1 atom stereocenters. The largest absolute Gasteiger partial charge is 0.492 e. The van der Waals surface area contributed by atoms with Crippen molar-refractivity contribution in [3.63, 3.8) is 0 Å². The summed E-state index contributed by atoms with van der Waals surface area (Å²) < 4.78 is 10.3. The molecule has 0 aliphatic heterocycles. The Morgan fingerprint density at radius 3 is 2.58 bits per heavy atom. The Balaban J connectivity index is 2.44. The van der Waals surface area contributed by atoms with Gasteiger partial charge in [0.05, 0.1) is 18.7 Å². The zero-order chi connectivity index (χ0) is 18.2. The average Bonchev–Trinajstić information content (AvgIpc) is 2.52. The first kappa shape index (κ1) is 20.6. The monoisotopic (exact) mass is 375 g/mol. The molecule has 0 heterocycles. The Bertz CT molecular complexity index is 580. The molecule has 134 valence electrons. The van der Waals surface area contributed by atoms with E-state index in [9.17, 15) is 9.59 Å². The molecule has 0 spiro atoms. The summed E-state index contributed by atoms with van der Waals surface area (Å²) in [6, 6.07) is 4.96. The number of rotatable bonds is 9. The van der Waals surface area contributed by atoms with E-state index >= 15 is 0 Å². The molecule has 0 bridgehead atoms. The van der Waals surface area contributed by atoms with Crippen LogP contribution in [0.4, 0.5) is 0 Å². The Morgan fingerprint density at radius 2 is 2.00 bits per heavy atom. The number of amides is 1. The van der Waals surface area contributed by atoms with Crippen molar-refractivity contribution >= 4 is 35.1 Å². The van der Waals surface area contributed by atoms with E-state index in [0.717, 1.165) is 6.42 Å². The van der Waals surface area contributed by atoms with Gasteiger partial charge in [-0.1, -0.05) is 36.5 Å². The highest BCUT2D eigenvalue weighted by atomic mass is 35.5. The molecule has 24 heavy (non-hydrogen) atoms. The van der Waals surface area contributed by atoms with Crippen molar-refractivity contribution < 1.29 is 19.1 Å². The zero-order valence-corrected chi connectivity index (χ0v) is 15.7. The number of benzene rings is 1. The fourth-order valence-electron chi connectivity index (χ4n) is 2.32. The third-order valence-electron chi connectivity index (χ3n) is 3.50. The second-order valence-corrected chi connectivity index (χ2v) is 6.49. The lowest BCUT2D eigenvalue weighted by molar-refractivity contribution is -0.150. The van der Waals surface area contributed by atoms with Gasteiger partial charge in [0.15, 0.2) is 0 Å². The number of nitrogens with one attached hydrogen (secondary N) is 1. The number of methoxy groups -OCH3 is 1. The fourth-order valence-corrected chi connectivity index (χ4v) is 2.78. The summed E-state index contributed by atoms with van der Waals surface area (Å²) in [5.41, 5.74) is -0.999. The average molecular weight is 376 g/mol. The van der Waals surface area contributed by atoms with Gasteiger partial charge in [-0.05, 0) is 38.0 Å². The van der Waals surface area contributed by atoms with E-state index in [2.05, 4.69) is 5.32 Å². The van der Waals surface area contributed by atoms with Crippen LogP contribution < -0.4 is 10.1 Å². The number of carbonyl (C=O) groups is 2. The third-order valence-corrected chi connectivity index (χ3v) is 4.03. The molecule has 0 radical (unpaired) electrons. The van der Waals surface area contributed by atoms with Gasteiger partial charge < -0.3 is 14.8 Å². The second kappa shape index (κ2) is 9.74. The number of esters is 1. The van der Waals surface area contributed by atoms with Gasteiger partial charge in [0.2, 0.25) is 5.91 Å². The molecule has 0 aromatic heterocycles. The molecule has 0 fully saturated rings. The van der Waals surface area contributed by atoms with Gasteiger partial charge in [0, 0.05) is 11.4 Å². The van der Waals surface area contributed by atoms with Crippen molar-refractivity contribution in [2.75, 3.05) is 13.7 Å². The molecule has 1 aromatic rings. The van der Waals surface area contributed by atoms with Crippen LogP contribution in [0.15, 0.2) is 18.2 Å². The van der Waals surface area contributed by atoms with Gasteiger partial charge in [-0.2, -0.15) is 0 Å². The molecule has 0 aliphatic carbocycles. The first-order valence-corrected chi connectivity index (χ1v) is 8.55. The van der Waals surface area contributed by atoms with Crippen molar-refractivity contribution in [3.05, 3.63) is 28.2 Å². The molecular formula is C17H23Cl2NO4. The van der Waals surface area contributed by atoms with Crippen LogP contribution in [0.5, 0.6) is 5.75 Å². The lowest BCUT2D eigenvalue weighted by atomic mass is 9.96. The smallest absolute Gasteiger partial charge is 0.331 e. The van der Waals surface area contributed by atoms with Gasteiger partial charge in [-0.25, -0.2) is 4.79 Å². The van der Waals surface area contributed by atoms with Crippen LogP contribution in [-0.2, 0) is 14.3 Å². The first-order valence-electron chi connectivity index (χ1n) is 7.79. The highest BCUT2D eigenvalue weighted by molar-refractivity contribution is 6.35. The zero-order valence-electron chi connectivity index (χ0n) is 14.2. The van der Waals surface area contributed by atoms with Gasteiger partial charge >= 0.3 is 5.97 Å². The van der Waals surface area contributed by atoms with E-state index in [1.165, 1.54) is 7.11 Å². The van der Waals surface area contributed by atoms with Crippen LogP contribution in [0, 0.1) is 0 Å². The number of carbonyl (C=O) groups excluding carboxylic acids is 2. The minimum Gasteiger partial charge on any atom is -0.492 e. The molecule has 0 saturated heterocycles. The SMILES string of the molecule is CCCC(C)(NC(=O)CCCOc1ccc(Cl)cc1Cl)C(=O)OC. The molecule has 1 rings (SSSR count). The summed E-state index contributed by atoms with van der Waals surface area (Å²) in [7, 11) is 1.31. The summed E-state index contributed by atoms with van der Waals surface area (Å²) >= 11 is 11.8. The number of hydrogen-bond donors (Lipinski definition) is 1. The second-order valence-electron chi connectivity index (χ2n) is 5.65. The summed E-state index contributed by atoms with van der Waals surface area (Å²) in [4.78, 5) is 23.9. The van der Waals surface area contributed by atoms with E-state index in [-0.39, 0.29) is 12.3 Å². The van der Waals surface area contributed by atoms with Crippen molar-refractivity contribution in [1.29, 1.82) is 0 Å². The minimum absolute atomic E-state index is 0.220. The van der Waals surface area contributed by atoms with Crippen molar-refractivity contribution in [3.8, 4) is 5.75 Å². The number of halogens is 2. The van der Waals surface area contributed by atoms with Crippen LogP contribution in [0.25, 0.3) is 0 Å². The van der Waals surface area contributed by atoms with Crippen molar-refractivity contribution in [2.45, 2.75) is 45.1 Å². The maximum absolute atomic E-state index is 12.1. The number of ether oxygens (including phenoxy) is 2. The van der Waals surface area contributed by atoms with E-state index in [1.54, 1.807) is 25.1 Å². The van der Waals surface area contributed by atoms with Crippen LogP contribution in [0.3, 0.4) is 0 Å². The van der Waals surface area contributed by atoms with Gasteiger partial charge in [0.1, 0.15) is 11.3 Å². The minimum atomic E-state index is -0.999. The molecule has 7 heteroatoms. The summed E-state index contributed by atoms with van der Waals surface area (Å²) in [6.07, 6.45) is 2.00. The van der Waals surface area contributed by atoms with E-state index < -0.39 is 11.5 Å². The van der Waals surface area contributed by atoms with Gasteiger partial charge in [0.25, 0.3) is 0 Å². The predicted octanol–water partition coefficient (Wildman–Crippen LogP) is 4.00. The van der Waals surface area contributed by atoms with E-state index in [4.69, 9.17) is 32.7 Å². The third kappa shape index (κ3) is 6.21. The lowest BCUT2D eigenvalue weighted by Crippen LogP contribution is -2.52. The van der Waals surface area contributed by atoms with Crippen molar-refractivity contribution in [1.82, 2.24) is 5.32 Å². The maximum atomic E-state index is 12.1. The molecule has 1 amide bonds. The highest BCUT2D eigenvalue weighted by Crippen LogP contribution is 2.27. The normalized spacial score (nSPS) is 13.0. The Kier molecular flexibility index (Phi) is 8.36. The van der Waals surface area contributed by atoms with Gasteiger partial charge in [-0.15, -0.1) is 0 Å². The molecule has 1 unspecified atom stereocenters. The summed E-state index contributed by atoms with van der Waals surface area (Å²) in [6.45, 7) is 3.94. The van der Waals surface area contributed by atoms with Crippen LogP contribution in [0.1, 0.15) is 39.5 Å². The molecular weight excluding hydrogens is 353 g/mol. The lowest BCUT2D eigenvalue weighted by Gasteiger charge is -2.27. The van der Waals surface area contributed by atoms with Crippen LogP contribution in [-0.4, -0.2) is 31.1 Å². The molecule has 1 aromatic carbocycles. The molecule has 1 N–H and O–H groups in total. The topological polar surface area (TPSA) is 64.6 Å². The maximum Gasteiger partial charge on any atom is 0.331 e. The van der Waals surface area contributed by atoms with Crippen molar-refractivity contribution in [2.24, 2.45) is 0 Å². The first-order chi connectivity index (χ1) is 11.3. The molecule has 0 saturated carbocycles. The fraction of sp³-hybridized carbons (Fsp3) is 0.529. The molecule has 5 nitrogen and oxygen atoms in total. The summed E-state index contributed by atoms with van der Waals surface area (Å²) in [5.74, 6) is -0.143. The quantitative estimate of drug-likeness (QED) is 0.523. The summed E-state index contributed by atoms with van der Waals surface area (Å²) in [5, 5.41) is 3.71. The Labute approximate surface area is 152 Å². The van der Waals surface area contributed by atoms with Gasteiger partial charge in [-0.3, -0.25) is 4.79 Å². The van der Waals surface area contributed by atoms with E-state index in [0.29, 0.717) is 35.2 Å². The Morgan fingerprint density at radius 1 is 1.29 bits per heavy atom. The molecule has 0 aliphatic rings. The Hall–Kier alpha value is -1.46. The van der Waals surface area contributed by atoms with Crippen LogP contribution >= 0.6 is 23.2 Å². The predicted molar refractivity (Wildman–Crippen MR) is 94.7 cm³/mol. The highest BCUT2D eigenvalue weighted by Gasteiger charge is 2.34. The standard InChI is InChI=1S/C17H23Cl2NO4/c1-4-9-17(2,16(22)23-3)20-15(21)6-5-10-24-14-8-7-12(18)11-13(14)19/h7-8,11H,4-6,9-10H2,1-3H3,(H,20,21). The number of hydrogen-bond acceptors (Lipinski definition) is 4. The van der Waals surface area contributed by atoms with Crippen LogP contribution in [0.2, 0.25) is 10.0 Å². The van der Waals surface area contributed by atoms with E-state index in [1.807, 2.05) is 6.92 Å².